The van der Waals surface area contributed by atoms with E-state index in [0.717, 1.165) is 25.1 Å². The number of anilines is 1. The second-order valence-electron chi connectivity index (χ2n) is 3.50. The van der Waals surface area contributed by atoms with Gasteiger partial charge in [-0.15, -0.1) is 11.3 Å². The van der Waals surface area contributed by atoms with Crippen LogP contribution in [0.1, 0.15) is 17.7 Å². The van der Waals surface area contributed by atoms with E-state index in [-0.39, 0.29) is 6.10 Å². The summed E-state index contributed by atoms with van der Waals surface area (Å²) in [4.78, 5) is 1.20. The quantitative estimate of drug-likeness (QED) is 0.677. The van der Waals surface area contributed by atoms with Crippen molar-refractivity contribution in [1.29, 1.82) is 0 Å². The number of hydrogen-bond acceptors (Lipinski definition) is 4. The molecule has 72 valence electrons. The van der Waals surface area contributed by atoms with Crippen LogP contribution in [0.2, 0.25) is 0 Å². The van der Waals surface area contributed by atoms with Crippen molar-refractivity contribution in [2.75, 3.05) is 5.73 Å². The van der Waals surface area contributed by atoms with Crippen LogP contribution in [0.15, 0.2) is 11.4 Å². The molecule has 0 saturated heterocycles. The molecule has 2 rings (SSSR count). The Morgan fingerprint density at radius 2 is 2.38 bits per heavy atom. The Morgan fingerprint density at radius 3 is 2.92 bits per heavy atom. The number of rotatable bonds is 3. The molecule has 0 radical (unpaired) electrons. The molecule has 0 unspecified atom stereocenters. The minimum Gasteiger partial charge on any atom is -0.398 e. The normalized spacial score (nSPS) is 27.2. The van der Waals surface area contributed by atoms with Crippen molar-refractivity contribution in [3.05, 3.63) is 16.3 Å². The Morgan fingerprint density at radius 1 is 1.62 bits per heavy atom. The average molecular weight is 198 g/mol. The van der Waals surface area contributed by atoms with Gasteiger partial charge in [-0.05, 0) is 24.3 Å². The summed E-state index contributed by atoms with van der Waals surface area (Å²) in [6, 6.07) is 2.41. The molecule has 1 aliphatic rings. The minimum absolute atomic E-state index is 0.0850. The highest BCUT2D eigenvalue weighted by molar-refractivity contribution is 7.10. The SMILES string of the molecule is Nc1ccsc1CNC1CC(O)C1. The number of nitrogens with one attached hydrogen (secondary N) is 1. The molecule has 1 aliphatic carbocycles. The van der Waals surface area contributed by atoms with Gasteiger partial charge in [0, 0.05) is 23.2 Å². The molecule has 1 fully saturated rings. The molecule has 1 saturated carbocycles. The van der Waals surface area contributed by atoms with Crippen molar-refractivity contribution >= 4 is 17.0 Å². The van der Waals surface area contributed by atoms with Crippen LogP contribution >= 0.6 is 11.3 Å². The van der Waals surface area contributed by atoms with E-state index >= 15 is 0 Å². The van der Waals surface area contributed by atoms with E-state index in [0.29, 0.717) is 6.04 Å². The Balaban J connectivity index is 1.77. The number of thiophene rings is 1. The molecule has 3 nitrogen and oxygen atoms in total. The van der Waals surface area contributed by atoms with Gasteiger partial charge in [0.05, 0.1) is 6.10 Å². The molecule has 0 atom stereocenters. The van der Waals surface area contributed by atoms with E-state index in [1.807, 2.05) is 11.4 Å². The molecule has 0 bridgehead atoms. The topological polar surface area (TPSA) is 58.3 Å². The zero-order valence-electron chi connectivity index (χ0n) is 7.36. The summed E-state index contributed by atoms with van der Waals surface area (Å²) < 4.78 is 0. The predicted molar refractivity (Wildman–Crippen MR) is 54.6 cm³/mol. The summed E-state index contributed by atoms with van der Waals surface area (Å²) in [6.45, 7) is 0.834. The van der Waals surface area contributed by atoms with Crippen LogP contribution in [0.5, 0.6) is 0 Å². The molecule has 1 heterocycles. The number of nitrogens with two attached hydrogens (primary N) is 1. The molecule has 4 heteroatoms. The van der Waals surface area contributed by atoms with Crippen LogP contribution in [0, 0.1) is 0 Å². The second-order valence-corrected chi connectivity index (χ2v) is 4.50. The summed E-state index contributed by atoms with van der Waals surface area (Å²) in [7, 11) is 0. The van der Waals surface area contributed by atoms with E-state index in [2.05, 4.69) is 5.32 Å². The number of nitrogen functional groups attached to an aromatic ring is 1. The molecule has 1 aromatic rings. The summed E-state index contributed by atoms with van der Waals surface area (Å²) in [5, 5.41) is 14.4. The van der Waals surface area contributed by atoms with Gasteiger partial charge in [-0.3, -0.25) is 0 Å². The maximum atomic E-state index is 9.07. The largest absolute Gasteiger partial charge is 0.398 e. The number of aliphatic hydroxyl groups excluding tert-OH is 1. The third-order valence-electron chi connectivity index (χ3n) is 2.44. The van der Waals surface area contributed by atoms with Crippen LogP contribution in [-0.2, 0) is 6.54 Å². The van der Waals surface area contributed by atoms with Gasteiger partial charge in [-0.25, -0.2) is 0 Å². The lowest BCUT2D eigenvalue weighted by molar-refractivity contribution is 0.0621. The lowest BCUT2D eigenvalue weighted by atomic mass is 9.89. The van der Waals surface area contributed by atoms with Crippen LogP contribution < -0.4 is 11.1 Å². The van der Waals surface area contributed by atoms with Gasteiger partial charge in [-0.2, -0.15) is 0 Å². The standard InChI is InChI=1S/C9H14N2OS/c10-8-1-2-13-9(8)5-11-6-3-7(12)4-6/h1-2,6-7,11-12H,3-5,10H2. The monoisotopic (exact) mass is 198 g/mol. The van der Waals surface area contributed by atoms with E-state index in [1.165, 1.54) is 4.88 Å². The highest BCUT2D eigenvalue weighted by Crippen LogP contribution is 2.22. The fourth-order valence-corrected chi connectivity index (χ4v) is 2.24. The number of hydrogen-bond donors (Lipinski definition) is 3. The minimum atomic E-state index is -0.0850. The third-order valence-corrected chi connectivity index (χ3v) is 3.38. The maximum Gasteiger partial charge on any atom is 0.0570 e. The lowest BCUT2D eigenvalue weighted by Gasteiger charge is -2.32. The first-order valence-electron chi connectivity index (χ1n) is 4.49. The third kappa shape index (κ3) is 2.02. The molecule has 4 N–H and O–H groups in total. The predicted octanol–water partition coefficient (Wildman–Crippen LogP) is 0.943. The van der Waals surface area contributed by atoms with Crippen molar-refractivity contribution in [2.24, 2.45) is 0 Å². The smallest absolute Gasteiger partial charge is 0.0570 e. The average Bonchev–Trinajstić information content (AvgIpc) is 2.43. The van der Waals surface area contributed by atoms with Gasteiger partial charge in [0.15, 0.2) is 0 Å². The zero-order chi connectivity index (χ0) is 9.26. The van der Waals surface area contributed by atoms with Crippen LogP contribution in [0.3, 0.4) is 0 Å². The first-order valence-corrected chi connectivity index (χ1v) is 5.37. The van der Waals surface area contributed by atoms with Gasteiger partial charge in [-0.1, -0.05) is 0 Å². The Kier molecular flexibility index (Phi) is 2.53. The molecule has 0 aliphatic heterocycles. The second kappa shape index (κ2) is 3.65. The van der Waals surface area contributed by atoms with Crippen molar-refractivity contribution < 1.29 is 5.11 Å². The van der Waals surface area contributed by atoms with Gasteiger partial charge in [0.1, 0.15) is 0 Å². The summed E-state index contributed by atoms with van der Waals surface area (Å²) >= 11 is 1.68. The van der Waals surface area contributed by atoms with Crippen LogP contribution in [-0.4, -0.2) is 17.3 Å². The van der Waals surface area contributed by atoms with Crippen molar-refractivity contribution in [1.82, 2.24) is 5.32 Å². The molecule has 0 aromatic carbocycles. The number of aliphatic hydroxyl groups is 1. The molecular weight excluding hydrogens is 184 g/mol. The first kappa shape index (κ1) is 8.99. The maximum absolute atomic E-state index is 9.07. The first-order chi connectivity index (χ1) is 6.25. The van der Waals surface area contributed by atoms with Gasteiger partial charge < -0.3 is 16.2 Å². The summed E-state index contributed by atoms with van der Waals surface area (Å²) in [5.74, 6) is 0. The molecule has 0 amide bonds. The molecular formula is C9H14N2OS. The Hall–Kier alpha value is -0.580. The zero-order valence-corrected chi connectivity index (χ0v) is 8.18. The lowest BCUT2D eigenvalue weighted by Crippen LogP contribution is -2.43. The fourth-order valence-electron chi connectivity index (χ4n) is 1.49. The van der Waals surface area contributed by atoms with Crippen molar-refractivity contribution in [3.63, 3.8) is 0 Å². The van der Waals surface area contributed by atoms with Crippen LogP contribution in [0.4, 0.5) is 5.69 Å². The van der Waals surface area contributed by atoms with Gasteiger partial charge >= 0.3 is 0 Å². The Labute approximate surface area is 81.6 Å². The van der Waals surface area contributed by atoms with Crippen molar-refractivity contribution in [2.45, 2.75) is 31.5 Å². The summed E-state index contributed by atoms with van der Waals surface area (Å²) in [5.41, 5.74) is 6.61. The fraction of sp³-hybridized carbons (Fsp3) is 0.556. The van der Waals surface area contributed by atoms with Gasteiger partial charge in [0.25, 0.3) is 0 Å². The van der Waals surface area contributed by atoms with E-state index in [4.69, 9.17) is 10.8 Å². The van der Waals surface area contributed by atoms with Crippen molar-refractivity contribution in [3.8, 4) is 0 Å². The molecule has 13 heavy (non-hydrogen) atoms. The van der Waals surface area contributed by atoms with E-state index < -0.39 is 0 Å². The highest BCUT2D eigenvalue weighted by Gasteiger charge is 2.26. The molecule has 0 spiro atoms. The van der Waals surface area contributed by atoms with E-state index in [9.17, 15) is 0 Å². The molecule has 1 aromatic heterocycles. The van der Waals surface area contributed by atoms with E-state index in [1.54, 1.807) is 11.3 Å². The van der Waals surface area contributed by atoms with Gasteiger partial charge in [0.2, 0.25) is 0 Å². The summed E-state index contributed by atoms with van der Waals surface area (Å²) in [6.07, 6.45) is 1.68. The highest BCUT2D eigenvalue weighted by atomic mass is 32.1. The Bertz CT molecular complexity index is 281. The van der Waals surface area contributed by atoms with Crippen LogP contribution in [0.25, 0.3) is 0 Å².